The summed E-state index contributed by atoms with van der Waals surface area (Å²) in [5.74, 6) is 0.863. The van der Waals surface area contributed by atoms with E-state index in [1.54, 1.807) is 17.0 Å². The Morgan fingerprint density at radius 1 is 1.31 bits per heavy atom. The molecule has 138 valence electrons. The number of aromatic nitrogens is 2. The Morgan fingerprint density at radius 3 is 2.81 bits per heavy atom. The maximum absolute atomic E-state index is 12.4. The molecular formula is C18H22N4O3S. The summed E-state index contributed by atoms with van der Waals surface area (Å²) >= 11 is 1.38. The van der Waals surface area contributed by atoms with Gasteiger partial charge in [-0.2, -0.15) is 5.10 Å². The summed E-state index contributed by atoms with van der Waals surface area (Å²) in [5, 5.41) is 11.1. The molecule has 7 nitrogen and oxygen atoms in total. The molecule has 3 heterocycles. The van der Waals surface area contributed by atoms with Gasteiger partial charge in [-0.25, -0.2) is 0 Å². The van der Waals surface area contributed by atoms with E-state index in [1.807, 2.05) is 33.0 Å². The van der Waals surface area contributed by atoms with Crippen molar-refractivity contribution in [2.75, 3.05) is 0 Å². The third kappa shape index (κ3) is 4.13. The van der Waals surface area contributed by atoms with E-state index in [0.717, 1.165) is 15.9 Å². The van der Waals surface area contributed by atoms with Crippen LogP contribution in [-0.4, -0.2) is 21.6 Å². The van der Waals surface area contributed by atoms with Gasteiger partial charge in [0.1, 0.15) is 10.6 Å². The van der Waals surface area contributed by atoms with Crippen molar-refractivity contribution in [3.8, 4) is 0 Å². The van der Waals surface area contributed by atoms with Crippen molar-refractivity contribution >= 4 is 33.4 Å². The lowest BCUT2D eigenvalue weighted by molar-refractivity contribution is -0.121. The van der Waals surface area contributed by atoms with Crippen LogP contribution in [0.1, 0.15) is 41.4 Å². The highest BCUT2D eigenvalue weighted by Gasteiger charge is 2.17. The number of fused-ring (bicyclic) bond motifs is 1. The number of aryl methyl sites for hydroxylation is 1. The Balaban J connectivity index is 1.69. The van der Waals surface area contributed by atoms with Crippen molar-refractivity contribution in [1.29, 1.82) is 0 Å². The van der Waals surface area contributed by atoms with Gasteiger partial charge < -0.3 is 15.1 Å². The van der Waals surface area contributed by atoms with Crippen LogP contribution < -0.4 is 10.6 Å². The summed E-state index contributed by atoms with van der Waals surface area (Å²) < 4.78 is 6.96. The number of carbonyl (C=O) groups is 2. The summed E-state index contributed by atoms with van der Waals surface area (Å²) in [5.41, 5.74) is 0.765. The second-order valence-corrected chi connectivity index (χ2v) is 7.57. The van der Waals surface area contributed by atoms with Crippen LogP contribution in [0.2, 0.25) is 0 Å². The van der Waals surface area contributed by atoms with Gasteiger partial charge in [-0.05, 0) is 24.1 Å². The molecule has 26 heavy (non-hydrogen) atoms. The fraction of sp³-hybridized carbons (Fsp3) is 0.389. The lowest BCUT2D eigenvalue weighted by atomic mass is 10.1. The van der Waals surface area contributed by atoms with Gasteiger partial charge in [0.15, 0.2) is 0 Å². The van der Waals surface area contributed by atoms with E-state index in [4.69, 9.17) is 4.42 Å². The zero-order valence-corrected chi connectivity index (χ0v) is 15.9. The number of amides is 2. The third-order valence-corrected chi connectivity index (χ3v) is 5.06. The maximum atomic E-state index is 12.4. The molecule has 0 aliphatic carbocycles. The molecule has 2 amide bonds. The molecule has 0 atom stereocenters. The normalized spacial score (nSPS) is 11.2. The predicted octanol–water partition coefficient (Wildman–Crippen LogP) is 2.82. The van der Waals surface area contributed by atoms with Gasteiger partial charge in [0, 0.05) is 18.9 Å². The van der Waals surface area contributed by atoms with E-state index >= 15 is 0 Å². The van der Waals surface area contributed by atoms with Gasteiger partial charge in [-0.3, -0.25) is 14.3 Å². The highest BCUT2D eigenvalue weighted by Crippen LogP contribution is 2.28. The summed E-state index contributed by atoms with van der Waals surface area (Å²) in [6, 6.07) is 5.42. The average Bonchev–Trinajstić information content (AvgIpc) is 3.29. The average molecular weight is 374 g/mol. The standard InChI is InChI=1S/C18H22N4O3S/c1-11(2)7-16(23)19-10-14-13-8-15(26-18(13)22(3)21-14)17(24)20-9-12-5-4-6-25-12/h4-6,8,11H,7,9-10H2,1-3H3,(H,19,23)(H,20,24). The smallest absolute Gasteiger partial charge is 0.261 e. The lowest BCUT2D eigenvalue weighted by Crippen LogP contribution is -2.24. The van der Waals surface area contributed by atoms with Gasteiger partial charge in [0.05, 0.1) is 29.9 Å². The number of nitrogens with zero attached hydrogens (tertiary/aromatic N) is 2. The topological polar surface area (TPSA) is 89.2 Å². The minimum absolute atomic E-state index is 0.00504. The molecule has 3 rings (SSSR count). The van der Waals surface area contributed by atoms with Crippen molar-refractivity contribution in [3.05, 3.63) is 40.8 Å². The molecule has 3 aromatic heterocycles. The van der Waals surface area contributed by atoms with E-state index < -0.39 is 0 Å². The van der Waals surface area contributed by atoms with E-state index in [2.05, 4.69) is 15.7 Å². The monoisotopic (exact) mass is 374 g/mol. The van der Waals surface area contributed by atoms with Crippen molar-refractivity contribution < 1.29 is 14.0 Å². The van der Waals surface area contributed by atoms with Crippen LogP contribution in [0.4, 0.5) is 0 Å². The fourth-order valence-electron chi connectivity index (χ4n) is 2.64. The van der Waals surface area contributed by atoms with Crippen molar-refractivity contribution in [2.45, 2.75) is 33.4 Å². The number of thiophene rings is 1. The van der Waals surface area contributed by atoms with Gasteiger partial charge in [0.25, 0.3) is 5.91 Å². The molecule has 0 spiro atoms. The Kier molecular flexibility index (Phi) is 5.41. The minimum atomic E-state index is -0.155. The number of furan rings is 1. The summed E-state index contributed by atoms with van der Waals surface area (Å²) in [6.07, 6.45) is 2.06. The molecule has 0 bridgehead atoms. The van der Waals surface area contributed by atoms with Crippen LogP contribution in [0, 0.1) is 5.92 Å². The van der Waals surface area contributed by atoms with Crippen molar-refractivity contribution in [2.24, 2.45) is 13.0 Å². The fourth-order valence-corrected chi connectivity index (χ4v) is 3.65. The first kappa shape index (κ1) is 18.2. The van der Waals surface area contributed by atoms with Crippen LogP contribution in [0.25, 0.3) is 10.2 Å². The Labute approximate surface area is 155 Å². The zero-order valence-electron chi connectivity index (χ0n) is 15.0. The number of nitrogens with one attached hydrogen (secondary N) is 2. The molecule has 0 saturated heterocycles. The zero-order chi connectivity index (χ0) is 18.7. The molecule has 0 aliphatic heterocycles. The number of carbonyl (C=O) groups excluding carboxylic acids is 2. The molecule has 2 N–H and O–H groups in total. The van der Waals surface area contributed by atoms with E-state index in [-0.39, 0.29) is 11.8 Å². The van der Waals surface area contributed by atoms with Crippen LogP contribution >= 0.6 is 11.3 Å². The molecular weight excluding hydrogens is 352 g/mol. The van der Waals surface area contributed by atoms with E-state index in [1.165, 1.54) is 11.3 Å². The van der Waals surface area contributed by atoms with Crippen LogP contribution in [-0.2, 0) is 24.9 Å². The van der Waals surface area contributed by atoms with Gasteiger partial charge in [0.2, 0.25) is 5.91 Å². The largest absolute Gasteiger partial charge is 0.467 e. The van der Waals surface area contributed by atoms with Gasteiger partial charge >= 0.3 is 0 Å². The lowest BCUT2D eigenvalue weighted by Gasteiger charge is -2.05. The molecule has 0 aliphatic rings. The molecule has 0 radical (unpaired) electrons. The third-order valence-electron chi connectivity index (χ3n) is 3.86. The van der Waals surface area contributed by atoms with E-state index in [9.17, 15) is 9.59 Å². The van der Waals surface area contributed by atoms with Crippen molar-refractivity contribution in [1.82, 2.24) is 20.4 Å². The molecule has 0 aromatic carbocycles. The quantitative estimate of drug-likeness (QED) is 0.665. The summed E-state index contributed by atoms with van der Waals surface area (Å²) in [7, 11) is 1.84. The highest BCUT2D eigenvalue weighted by molar-refractivity contribution is 7.20. The maximum Gasteiger partial charge on any atom is 0.261 e. The SMILES string of the molecule is CC(C)CC(=O)NCc1nn(C)c2sc(C(=O)NCc3ccco3)cc12. The molecule has 0 unspecified atom stereocenters. The van der Waals surface area contributed by atoms with Crippen LogP contribution in [0.15, 0.2) is 28.9 Å². The number of rotatable bonds is 7. The Morgan fingerprint density at radius 2 is 2.12 bits per heavy atom. The molecule has 8 heteroatoms. The Bertz CT molecular complexity index is 909. The van der Waals surface area contributed by atoms with Crippen LogP contribution in [0.3, 0.4) is 0 Å². The van der Waals surface area contributed by atoms with Crippen molar-refractivity contribution in [3.63, 3.8) is 0 Å². The Hall–Kier alpha value is -2.61. The summed E-state index contributed by atoms with van der Waals surface area (Å²) in [6.45, 7) is 4.71. The minimum Gasteiger partial charge on any atom is -0.467 e. The second-order valence-electron chi connectivity index (χ2n) is 6.54. The molecule has 0 saturated carbocycles. The first-order valence-corrected chi connectivity index (χ1v) is 9.28. The van der Waals surface area contributed by atoms with Gasteiger partial charge in [-0.15, -0.1) is 11.3 Å². The molecule has 0 fully saturated rings. The van der Waals surface area contributed by atoms with Gasteiger partial charge in [-0.1, -0.05) is 13.8 Å². The first-order valence-electron chi connectivity index (χ1n) is 8.46. The second kappa shape index (κ2) is 7.74. The summed E-state index contributed by atoms with van der Waals surface area (Å²) in [4.78, 5) is 25.8. The molecule has 3 aromatic rings. The number of hydrogen-bond acceptors (Lipinski definition) is 5. The first-order chi connectivity index (χ1) is 12.4. The number of hydrogen-bond donors (Lipinski definition) is 2. The predicted molar refractivity (Wildman–Crippen MR) is 99.8 cm³/mol. The van der Waals surface area contributed by atoms with Crippen LogP contribution in [0.5, 0.6) is 0 Å². The van der Waals surface area contributed by atoms with E-state index in [0.29, 0.717) is 36.1 Å². The highest BCUT2D eigenvalue weighted by atomic mass is 32.1.